The van der Waals surface area contributed by atoms with E-state index < -0.39 is 0 Å². The number of benzene rings is 1. The SMILES string of the molecule is CCCC1Oc2ccc(C(C)(C)CC)cc2C1NCC. The van der Waals surface area contributed by atoms with Crippen molar-refractivity contribution in [1.29, 1.82) is 0 Å². The molecule has 2 atom stereocenters. The lowest BCUT2D eigenvalue weighted by Gasteiger charge is -2.24. The van der Waals surface area contributed by atoms with Crippen LogP contribution < -0.4 is 10.1 Å². The molecule has 0 spiro atoms. The molecule has 2 rings (SSSR count). The third-order valence-electron chi connectivity index (χ3n) is 4.66. The topological polar surface area (TPSA) is 21.3 Å². The Bertz CT molecular complexity index is 453. The van der Waals surface area contributed by atoms with Crippen LogP contribution in [0.5, 0.6) is 5.75 Å². The van der Waals surface area contributed by atoms with Crippen LogP contribution in [0.25, 0.3) is 0 Å². The molecule has 2 heteroatoms. The van der Waals surface area contributed by atoms with E-state index in [1.807, 2.05) is 0 Å². The summed E-state index contributed by atoms with van der Waals surface area (Å²) in [6.07, 6.45) is 3.71. The molecular weight excluding hydrogens is 246 g/mol. The Morgan fingerprint density at radius 2 is 1.95 bits per heavy atom. The molecule has 0 aliphatic carbocycles. The second-order valence-corrected chi connectivity index (χ2v) is 6.47. The van der Waals surface area contributed by atoms with Crippen LogP contribution in [0.4, 0.5) is 0 Å². The van der Waals surface area contributed by atoms with E-state index in [0.717, 1.165) is 31.6 Å². The van der Waals surface area contributed by atoms with Gasteiger partial charge in [0.1, 0.15) is 11.9 Å². The summed E-state index contributed by atoms with van der Waals surface area (Å²) in [4.78, 5) is 0. The highest BCUT2D eigenvalue weighted by molar-refractivity contribution is 5.45. The zero-order valence-electron chi connectivity index (χ0n) is 13.6. The number of hydrogen-bond donors (Lipinski definition) is 1. The first-order chi connectivity index (χ1) is 9.53. The Kier molecular flexibility index (Phi) is 4.74. The second-order valence-electron chi connectivity index (χ2n) is 6.47. The molecule has 1 aliphatic rings. The van der Waals surface area contributed by atoms with Crippen LogP contribution in [0, 0.1) is 0 Å². The molecule has 1 aromatic carbocycles. The van der Waals surface area contributed by atoms with Crippen molar-refractivity contribution in [2.24, 2.45) is 0 Å². The van der Waals surface area contributed by atoms with Crippen LogP contribution >= 0.6 is 0 Å². The number of nitrogens with one attached hydrogen (secondary N) is 1. The molecule has 20 heavy (non-hydrogen) atoms. The summed E-state index contributed by atoms with van der Waals surface area (Å²) in [7, 11) is 0. The Morgan fingerprint density at radius 3 is 2.55 bits per heavy atom. The predicted octanol–water partition coefficient (Wildman–Crippen LogP) is 4.59. The molecule has 112 valence electrons. The fraction of sp³-hybridized carbons (Fsp3) is 0.667. The third-order valence-corrected chi connectivity index (χ3v) is 4.66. The first-order valence-electron chi connectivity index (χ1n) is 8.08. The fourth-order valence-corrected chi connectivity index (χ4v) is 2.93. The first kappa shape index (κ1) is 15.4. The summed E-state index contributed by atoms with van der Waals surface area (Å²) in [6.45, 7) is 12.3. The van der Waals surface area contributed by atoms with Crippen molar-refractivity contribution in [2.45, 2.75) is 71.4 Å². The molecule has 1 aliphatic heterocycles. The second kappa shape index (κ2) is 6.17. The normalized spacial score (nSPS) is 21.6. The zero-order valence-corrected chi connectivity index (χ0v) is 13.6. The van der Waals surface area contributed by atoms with Gasteiger partial charge in [0.05, 0.1) is 6.04 Å². The number of rotatable bonds is 6. The lowest BCUT2D eigenvalue weighted by molar-refractivity contribution is 0.179. The Balaban J connectivity index is 2.34. The molecule has 0 saturated heterocycles. The van der Waals surface area contributed by atoms with Gasteiger partial charge in [-0.25, -0.2) is 0 Å². The van der Waals surface area contributed by atoms with Crippen LogP contribution in [-0.4, -0.2) is 12.6 Å². The third kappa shape index (κ3) is 2.85. The highest BCUT2D eigenvalue weighted by Gasteiger charge is 2.34. The van der Waals surface area contributed by atoms with Gasteiger partial charge in [-0.15, -0.1) is 0 Å². The van der Waals surface area contributed by atoms with Crippen molar-refractivity contribution >= 4 is 0 Å². The summed E-state index contributed by atoms with van der Waals surface area (Å²) in [5, 5.41) is 3.61. The Morgan fingerprint density at radius 1 is 1.20 bits per heavy atom. The number of hydrogen-bond acceptors (Lipinski definition) is 2. The van der Waals surface area contributed by atoms with Crippen molar-refractivity contribution in [3.63, 3.8) is 0 Å². The van der Waals surface area contributed by atoms with E-state index in [4.69, 9.17) is 4.74 Å². The van der Waals surface area contributed by atoms with E-state index in [-0.39, 0.29) is 11.5 Å². The van der Waals surface area contributed by atoms with Crippen molar-refractivity contribution in [2.75, 3.05) is 6.54 Å². The van der Waals surface area contributed by atoms with E-state index in [2.05, 4.69) is 58.1 Å². The molecule has 1 N–H and O–H groups in total. The predicted molar refractivity (Wildman–Crippen MR) is 85.5 cm³/mol. The standard InChI is InChI=1S/C18H29NO/c1-6-9-16-17(19-8-3)14-12-13(18(4,5)7-2)10-11-15(14)20-16/h10-12,16-17,19H,6-9H2,1-5H3. The summed E-state index contributed by atoms with van der Waals surface area (Å²) in [5.41, 5.74) is 3.00. The van der Waals surface area contributed by atoms with Crippen molar-refractivity contribution in [3.8, 4) is 5.75 Å². The van der Waals surface area contributed by atoms with Crippen molar-refractivity contribution in [3.05, 3.63) is 29.3 Å². The monoisotopic (exact) mass is 275 g/mol. The summed E-state index contributed by atoms with van der Waals surface area (Å²) < 4.78 is 6.15. The van der Waals surface area contributed by atoms with Crippen LogP contribution in [0.2, 0.25) is 0 Å². The molecule has 2 nitrogen and oxygen atoms in total. The zero-order chi connectivity index (χ0) is 14.8. The Hall–Kier alpha value is -1.02. The van der Waals surface area contributed by atoms with E-state index >= 15 is 0 Å². The van der Waals surface area contributed by atoms with Crippen LogP contribution in [0.3, 0.4) is 0 Å². The van der Waals surface area contributed by atoms with Gasteiger partial charge in [0, 0.05) is 5.56 Å². The molecule has 1 heterocycles. The van der Waals surface area contributed by atoms with Crippen molar-refractivity contribution < 1.29 is 4.74 Å². The van der Waals surface area contributed by atoms with E-state index in [9.17, 15) is 0 Å². The smallest absolute Gasteiger partial charge is 0.124 e. The lowest BCUT2D eigenvalue weighted by Crippen LogP contribution is -2.30. The van der Waals surface area contributed by atoms with Gasteiger partial charge < -0.3 is 10.1 Å². The molecule has 0 saturated carbocycles. The molecule has 2 unspecified atom stereocenters. The van der Waals surface area contributed by atoms with Gasteiger partial charge >= 0.3 is 0 Å². The maximum atomic E-state index is 6.15. The molecule has 0 aromatic heterocycles. The van der Waals surface area contributed by atoms with Gasteiger partial charge in [-0.05, 0) is 42.5 Å². The summed E-state index contributed by atoms with van der Waals surface area (Å²) in [6, 6.07) is 7.12. The van der Waals surface area contributed by atoms with Gasteiger partial charge in [-0.1, -0.05) is 47.1 Å². The minimum Gasteiger partial charge on any atom is -0.488 e. The van der Waals surface area contributed by atoms with Crippen LogP contribution in [0.15, 0.2) is 18.2 Å². The Labute approximate surface area is 123 Å². The van der Waals surface area contributed by atoms with Gasteiger partial charge in [0.25, 0.3) is 0 Å². The van der Waals surface area contributed by atoms with Crippen LogP contribution in [0.1, 0.15) is 71.0 Å². The maximum Gasteiger partial charge on any atom is 0.124 e. The average Bonchev–Trinajstić information content (AvgIpc) is 2.77. The number of fused-ring (bicyclic) bond motifs is 1. The molecule has 0 radical (unpaired) electrons. The minimum atomic E-state index is 0.231. The molecule has 0 amide bonds. The largest absolute Gasteiger partial charge is 0.488 e. The quantitative estimate of drug-likeness (QED) is 0.820. The lowest BCUT2D eigenvalue weighted by atomic mass is 9.81. The van der Waals surface area contributed by atoms with Crippen molar-refractivity contribution in [1.82, 2.24) is 5.32 Å². The summed E-state index contributed by atoms with van der Waals surface area (Å²) in [5.74, 6) is 1.07. The molecule has 0 bridgehead atoms. The molecular formula is C18H29NO. The number of likely N-dealkylation sites (N-methyl/N-ethyl adjacent to an activating group) is 1. The van der Waals surface area contributed by atoms with Gasteiger partial charge in [0.2, 0.25) is 0 Å². The van der Waals surface area contributed by atoms with E-state index in [1.165, 1.54) is 11.1 Å². The highest BCUT2D eigenvalue weighted by Crippen LogP contribution is 2.41. The average molecular weight is 275 g/mol. The van der Waals surface area contributed by atoms with Gasteiger partial charge in [-0.3, -0.25) is 0 Å². The summed E-state index contributed by atoms with van der Waals surface area (Å²) >= 11 is 0. The fourth-order valence-electron chi connectivity index (χ4n) is 2.93. The van der Waals surface area contributed by atoms with E-state index in [1.54, 1.807) is 0 Å². The highest BCUT2D eigenvalue weighted by atomic mass is 16.5. The number of ether oxygens (including phenoxy) is 1. The maximum absolute atomic E-state index is 6.15. The molecule has 0 fully saturated rings. The first-order valence-corrected chi connectivity index (χ1v) is 8.08. The van der Waals surface area contributed by atoms with E-state index in [0.29, 0.717) is 6.04 Å². The van der Waals surface area contributed by atoms with Gasteiger partial charge in [-0.2, -0.15) is 0 Å². The molecule has 1 aromatic rings. The van der Waals surface area contributed by atoms with Crippen LogP contribution in [-0.2, 0) is 5.41 Å². The van der Waals surface area contributed by atoms with Gasteiger partial charge in [0.15, 0.2) is 0 Å². The minimum absolute atomic E-state index is 0.231.